The molecule has 0 bridgehead atoms. The zero-order valence-electron chi connectivity index (χ0n) is 7.88. The third-order valence-corrected chi connectivity index (χ3v) is 2.60. The van der Waals surface area contributed by atoms with Crippen LogP contribution in [-0.2, 0) is 9.47 Å². The molecule has 2 aliphatic rings. The van der Waals surface area contributed by atoms with Crippen LogP contribution < -0.4 is 0 Å². The van der Waals surface area contributed by atoms with Crippen LogP contribution in [0.5, 0.6) is 0 Å². The van der Waals surface area contributed by atoms with E-state index in [9.17, 15) is 0 Å². The smallest absolute Gasteiger partial charge is 0.118 e. The van der Waals surface area contributed by atoms with E-state index in [1.165, 1.54) is 5.57 Å². The van der Waals surface area contributed by atoms with Gasteiger partial charge in [0.15, 0.2) is 0 Å². The molecular formula is C11H14O2. The van der Waals surface area contributed by atoms with Gasteiger partial charge in [0.2, 0.25) is 0 Å². The Labute approximate surface area is 78.5 Å². The van der Waals surface area contributed by atoms with Crippen LogP contribution in [0.3, 0.4) is 0 Å². The molecule has 1 saturated heterocycles. The molecule has 1 fully saturated rings. The van der Waals surface area contributed by atoms with Gasteiger partial charge in [-0.05, 0) is 12.5 Å². The lowest BCUT2D eigenvalue weighted by molar-refractivity contribution is 0.153. The summed E-state index contributed by atoms with van der Waals surface area (Å²) in [6, 6.07) is 0. The predicted octanol–water partition coefficient (Wildman–Crippen LogP) is 2.40. The van der Waals surface area contributed by atoms with Gasteiger partial charge in [-0.3, -0.25) is 0 Å². The van der Waals surface area contributed by atoms with E-state index in [2.05, 4.69) is 12.7 Å². The first-order valence-electron chi connectivity index (χ1n) is 4.57. The first kappa shape index (κ1) is 8.42. The Hall–Kier alpha value is -1.18. The highest BCUT2D eigenvalue weighted by molar-refractivity contribution is 5.29. The Kier molecular flexibility index (Phi) is 2.13. The zero-order chi connectivity index (χ0) is 9.26. The van der Waals surface area contributed by atoms with Crippen molar-refractivity contribution in [3.8, 4) is 0 Å². The van der Waals surface area contributed by atoms with Gasteiger partial charge in [0, 0.05) is 18.4 Å². The lowest BCUT2D eigenvalue weighted by Gasteiger charge is -2.29. The van der Waals surface area contributed by atoms with Crippen LogP contribution in [0.1, 0.15) is 12.8 Å². The van der Waals surface area contributed by atoms with E-state index in [1.54, 1.807) is 7.11 Å². The number of ether oxygens (including phenoxy) is 2. The summed E-state index contributed by atoms with van der Waals surface area (Å²) in [5.74, 6) is 2.32. The number of methoxy groups -OCH3 is 1. The zero-order valence-corrected chi connectivity index (χ0v) is 7.88. The Morgan fingerprint density at radius 2 is 2.46 bits per heavy atom. The lowest BCUT2D eigenvalue weighted by atomic mass is 9.87. The fraction of sp³-hybridized carbons (Fsp3) is 0.455. The Morgan fingerprint density at radius 3 is 3.23 bits per heavy atom. The minimum atomic E-state index is 0.396. The molecule has 0 aromatic carbocycles. The van der Waals surface area contributed by atoms with Gasteiger partial charge in [-0.1, -0.05) is 12.2 Å². The van der Waals surface area contributed by atoms with Gasteiger partial charge in [0.05, 0.1) is 13.7 Å². The maximum absolute atomic E-state index is 5.56. The van der Waals surface area contributed by atoms with Crippen molar-refractivity contribution in [3.63, 3.8) is 0 Å². The highest BCUT2D eigenvalue weighted by Crippen LogP contribution is 2.35. The predicted molar refractivity (Wildman–Crippen MR) is 51.0 cm³/mol. The molecule has 2 heteroatoms. The Morgan fingerprint density at radius 1 is 1.62 bits per heavy atom. The highest BCUT2D eigenvalue weighted by atomic mass is 16.5. The van der Waals surface area contributed by atoms with E-state index >= 15 is 0 Å². The van der Waals surface area contributed by atoms with Crippen molar-refractivity contribution in [1.29, 1.82) is 0 Å². The van der Waals surface area contributed by atoms with Crippen LogP contribution in [0.4, 0.5) is 0 Å². The second-order valence-electron chi connectivity index (χ2n) is 3.40. The molecule has 13 heavy (non-hydrogen) atoms. The number of allylic oxidation sites excluding steroid dienone is 3. The molecule has 1 unspecified atom stereocenters. The standard InChI is InChI=1S/C11H14O2/c1-8-5-6-13-11-7-9(12-2)3-4-10(8)11/h3,7,10H,1,4-6H2,2H3. The molecule has 0 radical (unpaired) electrons. The van der Waals surface area contributed by atoms with Gasteiger partial charge >= 0.3 is 0 Å². The summed E-state index contributed by atoms with van der Waals surface area (Å²) in [5.41, 5.74) is 1.28. The SMILES string of the molecule is C=C1CCOC2=CC(OC)=CCC12. The van der Waals surface area contributed by atoms with E-state index in [4.69, 9.17) is 9.47 Å². The fourth-order valence-corrected chi connectivity index (χ4v) is 1.78. The highest BCUT2D eigenvalue weighted by Gasteiger charge is 2.25. The van der Waals surface area contributed by atoms with Crippen molar-refractivity contribution in [2.24, 2.45) is 5.92 Å². The summed E-state index contributed by atoms with van der Waals surface area (Å²) in [6.07, 6.45) is 6.01. The summed E-state index contributed by atoms with van der Waals surface area (Å²) in [7, 11) is 1.68. The number of fused-ring (bicyclic) bond motifs is 1. The molecule has 0 amide bonds. The van der Waals surface area contributed by atoms with E-state index in [-0.39, 0.29) is 0 Å². The van der Waals surface area contributed by atoms with Crippen LogP contribution in [0.2, 0.25) is 0 Å². The molecule has 2 rings (SSSR count). The second-order valence-corrected chi connectivity index (χ2v) is 3.40. The maximum Gasteiger partial charge on any atom is 0.118 e. The first-order chi connectivity index (χ1) is 6.31. The molecule has 1 atom stereocenters. The molecule has 1 aliphatic heterocycles. The lowest BCUT2D eigenvalue weighted by Crippen LogP contribution is -2.19. The van der Waals surface area contributed by atoms with Gasteiger partial charge in [0.25, 0.3) is 0 Å². The van der Waals surface area contributed by atoms with Crippen molar-refractivity contribution in [3.05, 3.63) is 35.8 Å². The minimum Gasteiger partial charge on any atom is -0.497 e. The summed E-state index contributed by atoms with van der Waals surface area (Å²) in [5, 5.41) is 0. The molecule has 0 aromatic heterocycles. The fourth-order valence-electron chi connectivity index (χ4n) is 1.78. The Bertz CT molecular complexity index is 286. The summed E-state index contributed by atoms with van der Waals surface area (Å²) < 4.78 is 10.7. The van der Waals surface area contributed by atoms with Crippen molar-refractivity contribution in [1.82, 2.24) is 0 Å². The topological polar surface area (TPSA) is 18.5 Å². The molecule has 1 aliphatic carbocycles. The van der Waals surface area contributed by atoms with E-state index in [0.717, 1.165) is 31.0 Å². The number of rotatable bonds is 1. The van der Waals surface area contributed by atoms with Crippen LogP contribution >= 0.6 is 0 Å². The van der Waals surface area contributed by atoms with Crippen LogP contribution in [0, 0.1) is 5.92 Å². The first-order valence-corrected chi connectivity index (χ1v) is 4.57. The molecule has 0 spiro atoms. The van der Waals surface area contributed by atoms with E-state index in [0.29, 0.717) is 5.92 Å². The Balaban J connectivity index is 2.21. The summed E-state index contributed by atoms with van der Waals surface area (Å²) >= 11 is 0. The average Bonchev–Trinajstić information content (AvgIpc) is 2.18. The molecule has 0 saturated carbocycles. The van der Waals surface area contributed by atoms with Gasteiger partial charge in [-0.25, -0.2) is 0 Å². The van der Waals surface area contributed by atoms with Crippen LogP contribution in [-0.4, -0.2) is 13.7 Å². The van der Waals surface area contributed by atoms with E-state index < -0.39 is 0 Å². The van der Waals surface area contributed by atoms with Gasteiger partial charge in [-0.15, -0.1) is 0 Å². The quantitative estimate of drug-likeness (QED) is 0.574. The molecule has 2 nitrogen and oxygen atoms in total. The van der Waals surface area contributed by atoms with Crippen molar-refractivity contribution in [2.75, 3.05) is 13.7 Å². The van der Waals surface area contributed by atoms with Gasteiger partial charge < -0.3 is 9.47 Å². The van der Waals surface area contributed by atoms with Gasteiger partial charge in [0.1, 0.15) is 11.5 Å². The largest absolute Gasteiger partial charge is 0.497 e. The van der Waals surface area contributed by atoms with Crippen molar-refractivity contribution < 1.29 is 9.47 Å². The molecular weight excluding hydrogens is 164 g/mol. The second kappa shape index (κ2) is 3.29. The van der Waals surface area contributed by atoms with Crippen LogP contribution in [0.25, 0.3) is 0 Å². The molecule has 1 heterocycles. The molecule has 70 valence electrons. The minimum absolute atomic E-state index is 0.396. The monoisotopic (exact) mass is 178 g/mol. The molecule has 0 N–H and O–H groups in total. The van der Waals surface area contributed by atoms with Crippen LogP contribution in [0.15, 0.2) is 35.8 Å². The summed E-state index contributed by atoms with van der Waals surface area (Å²) in [4.78, 5) is 0. The third-order valence-electron chi connectivity index (χ3n) is 2.60. The van der Waals surface area contributed by atoms with Crippen molar-refractivity contribution >= 4 is 0 Å². The normalized spacial score (nSPS) is 26.8. The van der Waals surface area contributed by atoms with E-state index in [1.807, 2.05) is 6.08 Å². The summed E-state index contributed by atoms with van der Waals surface area (Å²) in [6.45, 7) is 4.82. The average molecular weight is 178 g/mol. The van der Waals surface area contributed by atoms with Gasteiger partial charge in [-0.2, -0.15) is 0 Å². The maximum atomic E-state index is 5.56. The van der Waals surface area contributed by atoms with Crippen molar-refractivity contribution in [2.45, 2.75) is 12.8 Å². The number of hydrogen-bond acceptors (Lipinski definition) is 2. The number of hydrogen-bond donors (Lipinski definition) is 0. The third kappa shape index (κ3) is 1.48. The molecule has 0 aromatic rings.